The maximum absolute atomic E-state index is 11.8. The number of amides is 1. The lowest BCUT2D eigenvalue weighted by Gasteiger charge is -2.12. The lowest BCUT2D eigenvalue weighted by molar-refractivity contribution is -0.122. The molecule has 1 fully saturated rings. The molecule has 0 aromatic carbocycles. The van der Waals surface area contributed by atoms with Gasteiger partial charge in [-0.1, -0.05) is 11.3 Å². The van der Waals surface area contributed by atoms with E-state index >= 15 is 0 Å². The highest BCUT2D eigenvalue weighted by Gasteiger charge is 2.23. The van der Waals surface area contributed by atoms with Gasteiger partial charge in [-0.25, -0.2) is 0 Å². The number of aliphatic hydroxyl groups excluding tert-OH is 1. The number of carbonyl (C=O) groups excluding carboxylic acids is 1. The number of carbonyl (C=O) groups is 1. The average Bonchev–Trinajstić information content (AvgIpc) is 2.83. The van der Waals surface area contributed by atoms with E-state index in [1.54, 1.807) is 4.57 Å². The highest BCUT2D eigenvalue weighted by Crippen LogP contribution is 2.18. The van der Waals surface area contributed by atoms with Crippen molar-refractivity contribution in [1.29, 1.82) is 0 Å². The molecule has 2 atom stereocenters. The second-order valence-corrected chi connectivity index (χ2v) is 6.31. The first-order valence-electron chi connectivity index (χ1n) is 6.61. The van der Waals surface area contributed by atoms with Crippen molar-refractivity contribution in [2.24, 2.45) is 0 Å². The zero-order valence-electron chi connectivity index (χ0n) is 11.3. The van der Waals surface area contributed by atoms with Gasteiger partial charge in [0, 0.05) is 29.6 Å². The van der Waals surface area contributed by atoms with Crippen molar-refractivity contribution in [1.82, 2.24) is 9.88 Å². The number of nitrogens with one attached hydrogen (secondary N) is 1. The summed E-state index contributed by atoms with van der Waals surface area (Å²) in [5, 5.41) is 12.3. The number of aliphatic hydroxyl groups is 1. The van der Waals surface area contributed by atoms with Crippen molar-refractivity contribution < 1.29 is 9.90 Å². The summed E-state index contributed by atoms with van der Waals surface area (Å²) in [4.78, 5) is 24.5. The van der Waals surface area contributed by atoms with Crippen LogP contribution in [0.5, 0.6) is 0 Å². The van der Waals surface area contributed by atoms with Gasteiger partial charge in [-0.3, -0.25) is 9.59 Å². The number of thiazole rings is 1. The third-order valence-corrected chi connectivity index (χ3v) is 4.70. The Labute approximate surface area is 116 Å². The van der Waals surface area contributed by atoms with Crippen molar-refractivity contribution in [2.75, 3.05) is 0 Å². The van der Waals surface area contributed by atoms with Crippen LogP contribution >= 0.6 is 11.3 Å². The SMILES string of the molecule is Cc1sc(=O)n(CCC(=O)N[C@H]2CC[C@@H](O)C2)c1C. The first-order chi connectivity index (χ1) is 8.97. The van der Waals surface area contributed by atoms with Crippen molar-refractivity contribution >= 4 is 17.2 Å². The molecule has 1 amide bonds. The Morgan fingerprint density at radius 1 is 1.47 bits per heavy atom. The molecule has 19 heavy (non-hydrogen) atoms. The molecule has 2 N–H and O–H groups in total. The molecule has 1 aromatic heterocycles. The van der Waals surface area contributed by atoms with Crippen LogP contribution in [0.3, 0.4) is 0 Å². The van der Waals surface area contributed by atoms with Crippen LogP contribution in [0.25, 0.3) is 0 Å². The van der Waals surface area contributed by atoms with Gasteiger partial charge >= 0.3 is 4.87 Å². The predicted molar refractivity (Wildman–Crippen MR) is 74.5 cm³/mol. The molecule has 1 aliphatic carbocycles. The molecule has 0 saturated heterocycles. The molecule has 0 aliphatic heterocycles. The van der Waals surface area contributed by atoms with Crippen LogP contribution in [-0.2, 0) is 11.3 Å². The first-order valence-corrected chi connectivity index (χ1v) is 7.43. The summed E-state index contributed by atoms with van der Waals surface area (Å²) < 4.78 is 1.66. The first kappa shape index (κ1) is 14.3. The zero-order valence-corrected chi connectivity index (χ0v) is 12.1. The Morgan fingerprint density at radius 2 is 2.21 bits per heavy atom. The highest BCUT2D eigenvalue weighted by molar-refractivity contribution is 7.09. The number of aromatic nitrogens is 1. The van der Waals surface area contributed by atoms with Crippen LogP contribution < -0.4 is 10.2 Å². The Morgan fingerprint density at radius 3 is 2.74 bits per heavy atom. The van der Waals surface area contributed by atoms with Crippen molar-refractivity contribution in [2.45, 2.75) is 58.2 Å². The van der Waals surface area contributed by atoms with Crippen molar-refractivity contribution in [3.05, 3.63) is 20.2 Å². The minimum Gasteiger partial charge on any atom is -0.393 e. The molecule has 6 heteroatoms. The zero-order chi connectivity index (χ0) is 14.0. The number of nitrogens with zero attached hydrogens (tertiary/aromatic N) is 1. The smallest absolute Gasteiger partial charge is 0.307 e. The fourth-order valence-electron chi connectivity index (χ4n) is 2.45. The topological polar surface area (TPSA) is 71.3 Å². The molecule has 0 spiro atoms. The summed E-state index contributed by atoms with van der Waals surface area (Å²) >= 11 is 1.22. The van der Waals surface area contributed by atoms with Gasteiger partial charge in [-0.15, -0.1) is 0 Å². The molecule has 1 saturated carbocycles. The molecule has 106 valence electrons. The van der Waals surface area contributed by atoms with Gasteiger partial charge in [0.05, 0.1) is 6.10 Å². The Hall–Kier alpha value is -1.14. The lowest BCUT2D eigenvalue weighted by atomic mass is 10.2. The molecular formula is C13H20N2O3S. The molecule has 0 radical (unpaired) electrons. The number of rotatable bonds is 4. The van der Waals surface area contributed by atoms with E-state index in [1.165, 1.54) is 11.3 Å². The van der Waals surface area contributed by atoms with Gasteiger partial charge in [-0.2, -0.15) is 0 Å². The largest absolute Gasteiger partial charge is 0.393 e. The summed E-state index contributed by atoms with van der Waals surface area (Å²) in [6.07, 6.45) is 2.26. The van der Waals surface area contributed by atoms with E-state index in [9.17, 15) is 14.7 Å². The van der Waals surface area contributed by atoms with Gasteiger partial charge < -0.3 is 15.0 Å². The third kappa shape index (κ3) is 3.45. The van der Waals surface area contributed by atoms with E-state index in [0.717, 1.165) is 23.4 Å². The third-order valence-electron chi connectivity index (χ3n) is 3.71. The van der Waals surface area contributed by atoms with Crippen LogP contribution in [0.2, 0.25) is 0 Å². The van der Waals surface area contributed by atoms with E-state index < -0.39 is 0 Å². The van der Waals surface area contributed by atoms with Gasteiger partial charge in [-0.05, 0) is 33.1 Å². The van der Waals surface area contributed by atoms with E-state index in [-0.39, 0.29) is 22.9 Å². The fourth-order valence-corrected chi connectivity index (χ4v) is 3.31. The summed E-state index contributed by atoms with van der Waals surface area (Å²) in [6.45, 7) is 4.24. The Kier molecular flexibility index (Phi) is 4.42. The number of hydrogen-bond acceptors (Lipinski definition) is 4. The lowest BCUT2D eigenvalue weighted by Crippen LogP contribution is -2.34. The van der Waals surface area contributed by atoms with E-state index in [0.29, 0.717) is 19.4 Å². The van der Waals surface area contributed by atoms with E-state index in [1.807, 2.05) is 13.8 Å². The number of aryl methyl sites for hydroxylation is 1. The van der Waals surface area contributed by atoms with Crippen molar-refractivity contribution in [3.63, 3.8) is 0 Å². The molecule has 2 rings (SSSR count). The minimum atomic E-state index is -0.283. The Balaban J connectivity index is 1.85. The summed E-state index contributed by atoms with van der Waals surface area (Å²) in [7, 11) is 0. The van der Waals surface area contributed by atoms with Crippen LogP contribution in [0.4, 0.5) is 0 Å². The monoisotopic (exact) mass is 284 g/mol. The predicted octanol–water partition coefficient (Wildman–Crippen LogP) is 0.946. The summed E-state index contributed by atoms with van der Waals surface area (Å²) in [5.41, 5.74) is 0.944. The second kappa shape index (κ2) is 5.88. The maximum Gasteiger partial charge on any atom is 0.307 e. The summed E-state index contributed by atoms with van der Waals surface area (Å²) in [6, 6.07) is 0.0875. The molecule has 1 aromatic rings. The Bertz CT molecular complexity index is 520. The van der Waals surface area contributed by atoms with Crippen LogP contribution in [-0.4, -0.2) is 27.7 Å². The van der Waals surface area contributed by atoms with E-state index in [2.05, 4.69) is 5.32 Å². The summed E-state index contributed by atoms with van der Waals surface area (Å²) in [5.74, 6) is -0.0470. The number of hydrogen-bond donors (Lipinski definition) is 2. The fraction of sp³-hybridized carbons (Fsp3) is 0.692. The van der Waals surface area contributed by atoms with Crippen LogP contribution in [0, 0.1) is 13.8 Å². The second-order valence-electron chi connectivity index (χ2n) is 5.14. The molecule has 1 aliphatic rings. The molecule has 5 nitrogen and oxygen atoms in total. The van der Waals surface area contributed by atoms with Crippen LogP contribution in [0.1, 0.15) is 36.3 Å². The van der Waals surface area contributed by atoms with Crippen LogP contribution in [0.15, 0.2) is 4.79 Å². The molecule has 0 bridgehead atoms. The van der Waals surface area contributed by atoms with Gasteiger partial charge in [0.1, 0.15) is 0 Å². The quantitative estimate of drug-likeness (QED) is 0.864. The average molecular weight is 284 g/mol. The molecule has 0 unspecified atom stereocenters. The molecule has 1 heterocycles. The minimum absolute atomic E-state index is 0.000844. The van der Waals surface area contributed by atoms with Gasteiger partial charge in [0.15, 0.2) is 0 Å². The normalized spacial score (nSPS) is 22.7. The van der Waals surface area contributed by atoms with Gasteiger partial charge in [0.25, 0.3) is 0 Å². The standard InChI is InChI=1S/C13H20N2O3S/c1-8-9(2)19-13(18)15(8)6-5-12(17)14-10-3-4-11(16)7-10/h10-11,16H,3-7H2,1-2H3,(H,14,17)/t10-,11+/m0/s1. The van der Waals surface area contributed by atoms with E-state index in [4.69, 9.17) is 0 Å². The molecular weight excluding hydrogens is 264 g/mol. The van der Waals surface area contributed by atoms with Crippen molar-refractivity contribution in [3.8, 4) is 0 Å². The maximum atomic E-state index is 11.8. The van der Waals surface area contributed by atoms with Gasteiger partial charge in [0.2, 0.25) is 5.91 Å². The highest BCUT2D eigenvalue weighted by atomic mass is 32.1.